The number of nitrogens with zero attached hydrogens (tertiary/aromatic N) is 3. The van der Waals surface area contributed by atoms with E-state index in [4.69, 9.17) is 11.6 Å². The molecular weight excluding hydrogens is 402 g/mol. The molecule has 0 saturated carbocycles. The monoisotopic (exact) mass is 418 g/mol. The lowest BCUT2D eigenvalue weighted by Crippen LogP contribution is -2.40. The highest BCUT2D eigenvalue weighted by molar-refractivity contribution is 6.32. The standard InChI is InChI=1S/C20H17ClF2N4O2/c21-14-10-12(7-8-17(14)29-20(22)23)26-19(28)16-6-3-9-27(16)18-13-4-1-2-5-15(13)24-11-25-18/h1-2,4-5,7-8,10-11,16,20H,3,6,9H2,(H,26,28). The van der Waals surface area contributed by atoms with Crippen molar-refractivity contribution in [3.05, 3.63) is 53.8 Å². The number of ether oxygens (including phenoxy) is 1. The third kappa shape index (κ3) is 4.07. The molecule has 0 spiro atoms. The smallest absolute Gasteiger partial charge is 0.387 e. The number of amides is 1. The van der Waals surface area contributed by atoms with Gasteiger partial charge in [-0.15, -0.1) is 0 Å². The second kappa shape index (κ2) is 8.16. The van der Waals surface area contributed by atoms with Gasteiger partial charge in [-0.05, 0) is 43.2 Å². The fraction of sp³-hybridized carbons (Fsp3) is 0.250. The molecule has 29 heavy (non-hydrogen) atoms. The van der Waals surface area contributed by atoms with Crippen LogP contribution in [0, 0.1) is 0 Å². The van der Waals surface area contributed by atoms with Crippen LogP contribution in [0.25, 0.3) is 10.9 Å². The molecule has 150 valence electrons. The normalized spacial score (nSPS) is 16.4. The van der Waals surface area contributed by atoms with E-state index in [2.05, 4.69) is 20.0 Å². The second-order valence-corrected chi connectivity index (χ2v) is 6.99. The number of halogens is 3. The van der Waals surface area contributed by atoms with Crippen LogP contribution in [0.4, 0.5) is 20.3 Å². The van der Waals surface area contributed by atoms with Crippen molar-refractivity contribution in [2.45, 2.75) is 25.5 Å². The highest BCUT2D eigenvalue weighted by Gasteiger charge is 2.32. The van der Waals surface area contributed by atoms with E-state index < -0.39 is 12.7 Å². The molecule has 1 N–H and O–H groups in total. The average Bonchev–Trinajstić information content (AvgIpc) is 3.19. The highest BCUT2D eigenvalue weighted by Crippen LogP contribution is 2.32. The molecule has 1 aromatic heterocycles. The van der Waals surface area contributed by atoms with E-state index in [1.807, 2.05) is 29.2 Å². The summed E-state index contributed by atoms with van der Waals surface area (Å²) in [4.78, 5) is 23.6. The predicted octanol–water partition coefficient (Wildman–Crippen LogP) is 4.49. The molecule has 1 unspecified atom stereocenters. The summed E-state index contributed by atoms with van der Waals surface area (Å²) in [6.07, 6.45) is 3.01. The van der Waals surface area contributed by atoms with Crippen molar-refractivity contribution in [3.8, 4) is 5.75 Å². The van der Waals surface area contributed by atoms with Crippen LogP contribution in [0.15, 0.2) is 48.8 Å². The summed E-state index contributed by atoms with van der Waals surface area (Å²) in [6, 6.07) is 11.4. The number of hydrogen-bond acceptors (Lipinski definition) is 5. The Balaban J connectivity index is 1.55. The van der Waals surface area contributed by atoms with Crippen LogP contribution in [0.1, 0.15) is 12.8 Å². The fourth-order valence-corrected chi connectivity index (χ4v) is 3.73. The molecule has 2 aromatic carbocycles. The topological polar surface area (TPSA) is 67.3 Å². The molecule has 1 fully saturated rings. The van der Waals surface area contributed by atoms with Crippen LogP contribution >= 0.6 is 11.6 Å². The van der Waals surface area contributed by atoms with Crippen molar-refractivity contribution < 1.29 is 18.3 Å². The van der Waals surface area contributed by atoms with Crippen LogP contribution in [-0.2, 0) is 4.79 Å². The van der Waals surface area contributed by atoms with Crippen molar-refractivity contribution in [2.24, 2.45) is 0 Å². The molecule has 1 saturated heterocycles. The van der Waals surface area contributed by atoms with Crippen molar-refractivity contribution in [1.29, 1.82) is 0 Å². The SMILES string of the molecule is O=C(Nc1ccc(OC(F)F)c(Cl)c1)C1CCCN1c1ncnc2ccccc12. The number of fused-ring (bicyclic) bond motifs is 1. The van der Waals surface area contributed by atoms with Crippen LogP contribution < -0.4 is 15.0 Å². The lowest BCUT2D eigenvalue weighted by atomic mass is 10.1. The van der Waals surface area contributed by atoms with Gasteiger partial charge in [-0.25, -0.2) is 9.97 Å². The minimum absolute atomic E-state index is 0.00632. The number of para-hydroxylation sites is 1. The lowest BCUT2D eigenvalue weighted by molar-refractivity contribution is -0.117. The molecule has 2 heterocycles. The van der Waals surface area contributed by atoms with E-state index in [-0.39, 0.29) is 16.7 Å². The summed E-state index contributed by atoms with van der Waals surface area (Å²) in [5, 5.41) is 3.68. The minimum Gasteiger partial charge on any atom is -0.433 e. The summed E-state index contributed by atoms with van der Waals surface area (Å²) in [5.41, 5.74) is 1.21. The largest absolute Gasteiger partial charge is 0.433 e. The molecule has 6 nitrogen and oxygen atoms in total. The van der Waals surface area contributed by atoms with Gasteiger partial charge in [0.1, 0.15) is 23.9 Å². The maximum Gasteiger partial charge on any atom is 0.387 e. The molecule has 1 aliphatic rings. The third-order valence-electron chi connectivity index (χ3n) is 4.76. The van der Waals surface area contributed by atoms with Gasteiger partial charge in [0, 0.05) is 17.6 Å². The Labute approximate surface area is 170 Å². The molecule has 1 amide bonds. The van der Waals surface area contributed by atoms with Gasteiger partial charge in [-0.2, -0.15) is 8.78 Å². The van der Waals surface area contributed by atoms with Crippen LogP contribution in [0.3, 0.4) is 0 Å². The van der Waals surface area contributed by atoms with Crippen molar-refractivity contribution >= 4 is 39.9 Å². The van der Waals surface area contributed by atoms with Gasteiger partial charge in [0.05, 0.1) is 10.5 Å². The van der Waals surface area contributed by atoms with Crippen LogP contribution in [0.2, 0.25) is 5.02 Å². The molecule has 1 atom stereocenters. The molecule has 1 aliphatic heterocycles. The van der Waals surface area contributed by atoms with E-state index in [0.717, 1.165) is 17.3 Å². The maximum atomic E-state index is 12.9. The number of carbonyl (C=O) groups is 1. The summed E-state index contributed by atoms with van der Waals surface area (Å²) >= 11 is 5.97. The van der Waals surface area contributed by atoms with E-state index in [9.17, 15) is 13.6 Å². The van der Waals surface area contributed by atoms with Gasteiger partial charge in [0.2, 0.25) is 5.91 Å². The number of nitrogens with one attached hydrogen (secondary N) is 1. The summed E-state index contributed by atoms with van der Waals surface area (Å²) in [6.45, 7) is -2.27. The zero-order valence-corrected chi connectivity index (χ0v) is 15.9. The molecule has 0 bridgehead atoms. The molecule has 9 heteroatoms. The number of alkyl halides is 2. The second-order valence-electron chi connectivity index (χ2n) is 6.58. The van der Waals surface area contributed by atoms with Gasteiger partial charge in [-0.3, -0.25) is 4.79 Å². The number of rotatable bonds is 5. The number of anilines is 2. The molecule has 3 aromatic rings. The average molecular weight is 419 g/mol. The fourth-order valence-electron chi connectivity index (χ4n) is 3.51. The van der Waals surface area contributed by atoms with Crippen molar-refractivity contribution in [2.75, 3.05) is 16.8 Å². The minimum atomic E-state index is -2.97. The van der Waals surface area contributed by atoms with E-state index in [1.165, 1.54) is 24.5 Å². The summed E-state index contributed by atoms with van der Waals surface area (Å²) in [5.74, 6) is 0.352. The lowest BCUT2D eigenvalue weighted by Gasteiger charge is -2.26. The van der Waals surface area contributed by atoms with Crippen LogP contribution in [0.5, 0.6) is 5.75 Å². The molecule has 0 radical (unpaired) electrons. The third-order valence-corrected chi connectivity index (χ3v) is 5.06. The van der Waals surface area contributed by atoms with E-state index >= 15 is 0 Å². The Kier molecular flexibility index (Phi) is 5.44. The molecule has 4 rings (SSSR count). The highest BCUT2D eigenvalue weighted by atomic mass is 35.5. The van der Waals surface area contributed by atoms with Gasteiger partial charge >= 0.3 is 6.61 Å². The molecule has 0 aliphatic carbocycles. The van der Waals surface area contributed by atoms with E-state index in [1.54, 1.807) is 0 Å². The van der Waals surface area contributed by atoms with Crippen molar-refractivity contribution in [1.82, 2.24) is 9.97 Å². The Morgan fingerprint density at radius 1 is 1.24 bits per heavy atom. The maximum absolute atomic E-state index is 12.9. The number of carbonyl (C=O) groups excluding carboxylic acids is 1. The van der Waals surface area contributed by atoms with Gasteiger partial charge in [-0.1, -0.05) is 23.7 Å². The summed E-state index contributed by atoms with van der Waals surface area (Å²) < 4.78 is 29.0. The van der Waals surface area contributed by atoms with Gasteiger partial charge in [0.15, 0.2) is 0 Å². The number of hydrogen-bond donors (Lipinski definition) is 1. The Morgan fingerprint density at radius 2 is 2.07 bits per heavy atom. The Hall–Kier alpha value is -3.00. The Bertz CT molecular complexity index is 1040. The van der Waals surface area contributed by atoms with E-state index in [0.29, 0.717) is 24.5 Å². The summed E-state index contributed by atoms with van der Waals surface area (Å²) in [7, 11) is 0. The first-order valence-electron chi connectivity index (χ1n) is 9.04. The van der Waals surface area contributed by atoms with Gasteiger partial charge < -0.3 is 15.0 Å². The van der Waals surface area contributed by atoms with Gasteiger partial charge in [0.25, 0.3) is 0 Å². The predicted molar refractivity (Wildman–Crippen MR) is 107 cm³/mol. The first-order valence-corrected chi connectivity index (χ1v) is 9.42. The first-order chi connectivity index (χ1) is 14.0. The first kappa shape index (κ1) is 19.3. The number of benzene rings is 2. The quantitative estimate of drug-likeness (QED) is 0.661. The van der Waals surface area contributed by atoms with Crippen molar-refractivity contribution in [3.63, 3.8) is 0 Å². The Morgan fingerprint density at radius 3 is 2.86 bits per heavy atom. The number of aromatic nitrogens is 2. The van der Waals surface area contributed by atoms with Crippen LogP contribution in [-0.4, -0.2) is 35.1 Å². The zero-order chi connectivity index (χ0) is 20.4. The molecular formula is C20H17ClF2N4O2. The zero-order valence-electron chi connectivity index (χ0n) is 15.2.